The monoisotopic (exact) mass is 264 g/mol. The Labute approximate surface area is 109 Å². The fourth-order valence-electron chi connectivity index (χ4n) is 1.51. The minimum atomic E-state index is -0.479. The number of hydrogen-bond acceptors (Lipinski definition) is 2. The number of carbonyl (C=O) groups excluding carboxylic acids is 1. The highest BCUT2D eigenvalue weighted by Crippen LogP contribution is 2.29. The second-order valence-corrected chi connectivity index (χ2v) is 4.27. The molecule has 2 rings (SSSR count). The number of benzene rings is 2. The van der Waals surface area contributed by atoms with Crippen molar-refractivity contribution in [3.8, 4) is 11.5 Å². The van der Waals surface area contributed by atoms with Crippen LogP contribution in [-0.2, 0) is 0 Å². The Balaban J connectivity index is 2.39. The molecule has 0 amide bonds. The van der Waals surface area contributed by atoms with Crippen molar-refractivity contribution in [2.45, 2.75) is 6.92 Å². The van der Waals surface area contributed by atoms with Crippen LogP contribution < -0.4 is 4.74 Å². The summed E-state index contributed by atoms with van der Waals surface area (Å²) in [6, 6.07) is 9.12. The average Bonchev–Trinajstić information content (AvgIpc) is 2.36. The second-order valence-electron chi connectivity index (χ2n) is 3.84. The summed E-state index contributed by atoms with van der Waals surface area (Å²) < 4.78 is 18.9. The molecule has 4 heteroatoms. The van der Waals surface area contributed by atoms with Crippen molar-refractivity contribution >= 4 is 17.9 Å². The van der Waals surface area contributed by atoms with Gasteiger partial charge in [0.15, 0.2) is 17.9 Å². The fraction of sp³-hybridized carbons (Fsp3) is 0.0714. The lowest BCUT2D eigenvalue weighted by atomic mass is 10.2. The first-order valence-electron chi connectivity index (χ1n) is 5.29. The van der Waals surface area contributed by atoms with E-state index in [1.54, 1.807) is 18.2 Å². The first-order valence-corrected chi connectivity index (χ1v) is 5.66. The van der Waals surface area contributed by atoms with Crippen molar-refractivity contribution < 1.29 is 13.9 Å². The van der Waals surface area contributed by atoms with Crippen LogP contribution in [0.5, 0.6) is 11.5 Å². The number of ether oxygens (including phenoxy) is 1. The summed E-state index contributed by atoms with van der Waals surface area (Å²) in [6.45, 7) is 1.83. The molecule has 0 radical (unpaired) electrons. The zero-order chi connectivity index (χ0) is 13.1. The third-order valence-corrected chi connectivity index (χ3v) is 2.64. The van der Waals surface area contributed by atoms with E-state index in [0.29, 0.717) is 11.3 Å². The summed E-state index contributed by atoms with van der Waals surface area (Å²) in [7, 11) is 0. The Bertz CT molecular complexity index is 596. The molecule has 0 spiro atoms. The zero-order valence-electron chi connectivity index (χ0n) is 9.61. The highest BCUT2D eigenvalue weighted by atomic mass is 35.5. The molecule has 0 fully saturated rings. The normalized spacial score (nSPS) is 10.2. The molecule has 2 aromatic rings. The van der Waals surface area contributed by atoms with Gasteiger partial charge in [0.1, 0.15) is 5.75 Å². The second kappa shape index (κ2) is 5.19. The van der Waals surface area contributed by atoms with Gasteiger partial charge >= 0.3 is 0 Å². The van der Waals surface area contributed by atoms with Gasteiger partial charge in [-0.25, -0.2) is 4.39 Å². The molecule has 0 bridgehead atoms. The summed E-state index contributed by atoms with van der Waals surface area (Å²) >= 11 is 5.77. The Morgan fingerprint density at radius 2 is 1.94 bits per heavy atom. The van der Waals surface area contributed by atoms with Crippen molar-refractivity contribution in [2.75, 3.05) is 0 Å². The van der Waals surface area contributed by atoms with Crippen LogP contribution in [0.2, 0.25) is 5.02 Å². The number of aldehydes is 1. The van der Waals surface area contributed by atoms with E-state index in [-0.39, 0.29) is 17.1 Å². The van der Waals surface area contributed by atoms with Crippen LogP contribution in [0.4, 0.5) is 4.39 Å². The van der Waals surface area contributed by atoms with E-state index in [1.807, 2.05) is 6.92 Å². The van der Waals surface area contributed by atoms with Crippen molar-refractivity contribution in [1.82, 2.24) is 0 Å². The van der Waals surface area contributed by atoms with E-state index in [0.717, 1.165) is 5.56 Å². The quantitative estimate of drug-likeness (QED) is 0.769. The van der Waals surface area contributed by atoms with Gasteiger partial charge in [0.25, 0.3) is 0 Å². The lowest BCUT2D eigenvalue weighted by molar-refractivity contribution is 0.112. The van der Waals surface area contributed by atoms with Crippen molar-refractivity contribution in [3.63, 3.8) is 0 Å². The third-order valence-electron chi connectivity index (χ3n) is 2.41. The molecular formula is C14H10ClFO2. The third kappa shape index (κ3) is 2.68. The largest absolute Gasteiger partial charge is 0.454 e. The zero-order valence-corrected chi connectivity index (χ0v) is 10.4. The molecule has 0 saturated carbocycles. The highest BCUT2D eigenvalue weighted by molar-refractivity contribution is 6.30. The van der Waals surface area contributed by atoms with Crippen molar-refractivity contribution in [1.29, 1.82) is 0 Å². The predicted molar refractivity (Wildman–Crippen MR) is 68.1 cm³/mol. The summed E-state index contributed by atoms with van der Waals surface area (Å²) in [4.78, 5) is 10.9. The van der Waals surface area contributed by atoms with E-state index in [4.69, 9.17) is 16.3 Å². The Kier molecular flexibility index (Phi) is 3.63. The number of aryl methyl sites for hydroxylation is 1. The molecule has 0 unspecified atom stereocenters. The molecule has 0 aliphatic heterocycles. The van der Waals surface area contributed by atoms with E-state index in [1.165, 1.54) is 18.2 Å². The molecule has 0 N–H and O–H groups in total. The van der Waals surface area contributed by atoms with Gasteiger partial charge in [-0.15, -0.1) is 0 Å². The molecule has 2 nitrogen and oxygen atoms in total. The van der Waals surface area contributed by atoms with Crippen LogP contribution in [0.25, 0.3) is 0 Å². The van der Waals surface area contributed by atoms with E-state index in [9.17, 15) is 9.18 Å². The molecular weight excluding hydrogens is 255 g/mol. The summed E-state index contributed by atoms with van der Waals surface area (Å²) in [5.41, 5.74) is 1.15. The Morgan fingerprint density at radius 1 is 1.17 bits per heavy atom. The van der Waals surface area contributed by atoms with Crippen molar-refractivity contribution in [3.05, 3.63) is 58.4 Å². The Hall–Kier alpha value is -1.87. The van der Waals surface area contributed by atoms with Crippen LogP contribution in [-0.4, -0.2) is 6.29 Å². The van der Waals surface area contributed by atoms with Crippen LogP contribution in [0, 0.1) is 12.7 Å². The predicted octanol–water partition coefficient (Wildman–Crippen LogP) is 4.39. The molecule has 92 valence electrons. The minimum Gasteiger partial charge on any atom is -0.454 e. The van der Waals surface area contributed by atoms with Gasteiger partial charge in [-0.1, -0.05) is 17.7 Å². The molecule has 0 atom stereocenters. The minimum absolute atomic E-state index is 0.0837. The maximum absolute atomic E-state index is 13.5. The molecule has 0 aliphatic rings. The lowest BCUT2D eigenvalue weighted by Gasteiger charge is -2.09. The smallest absolute Gasteiger partial charge is 0.165 e. The summed E-state index contributed by atoms with van der Waals surface area (Å²) in [5, 5.41) is 0.425. The van der Waals surface area contributed by atoms with Gasteiger partial charge in [0.05, 0.1) is 5.56 Å². The topological polar surface area (TPSA) is 26.3 Å². The fourth-order valence-corrected chi connectivity index (χ4v) is 1.69. The number of rotatable bonds is 3. The van der Waals surface area contributed by atoms with Gasteiger partial charge in [-0.2, -0.15) is 0 Å². The molecule has 0 aliphatic carbocycles. The number of halogens is 2. The molecule has 18 heavy (non-hydrogen) atoms. The first kappa shape index (κ1) is 12.6. The van der Waals surface area contributed by atoms with Crippen LogP contribution in [0.3, 0.4) is 0 Å². The standard InChI is InChI=1S/C14H10ClFO2/c1-9-2-4-12(16)14(6-9)18-13-5-3-11(15)7-10(13)8-17/h2-8H,1H3. The van der Waals surface area contributed by atoms with Crippen LogP contribution >= 0.6 is 11.6 Å². The first-order chi connectivity index (χ1) is 8.60. The molecule has 2 aromatic carbocycles. The van der Waals surface area contributed by atoms with E-state index >= 15 is 0 Å². The maximum atomic E-state index is 13.5. The van der Waals surface area contributed by atoms with Crippen LogP contribution in [0.1, 0.15) is 15.9 Å². The van der Waals surface area contributed by atoms with E-state index < -0.39 is 5.82 Å². The molecule has 0 aromatic heterocycles. The van der Waals surface area contributed by atoms with Gasteiger partial charge < -0.3 is 4.74 Å². The van der Waals surface area contributed by atoms with Gasteiger partial charge in [0.2, 0.25) is 0 Å². The summed E-state index contributed by atoms with van der Waals surface area (Å²) in [6.07, 6.45) is 0.620. The maximum Gasteiger partial charge on any atom is 0.165 e. The molecule has 0 saturated heterocycles. The van der Waals surface area contributed by atoms with Crippen LogP contribution in [0.15, 0.2) is 36.4 Å². The number of hydrogen-bond donors (Lipinski definition) is 0. The summed E-state index contributed by atoms with van der Waals surface area (Å²) in [5.74, 6) is -0.119. The lowest BCUT2D eigenvalue weighted by Crippen LogP contribution is -1.93. The average molecular weight is 265 g/mol. The van der Waals surface area contributed by atoms with Gasteiger partial charge in [-0.3, -0.25) is 4.79 Å². The van der Waals surface area contributed by atoms with E-state index in [2.05, 4.69) is 0 Å². The van der Waals surface area contributed by atoms with Gasteiger partial charge in [-0.05, 0) is 42.8 Å². The van der Waals surface area contributed by atoms with Crippen molar-refractivity contribution in [2.24, 2.45) is 0 Å². The molecule has 0 heterocycles. The number of carbonyl (C=O) groups is 1. The SMILES string of the molecule is Cc1ccc(F)c(Oc2ccc(Cl)cc2C=O)c1. The highest BCUT2D eigenvalue weighted by Gasteiger charge is 2.09. The Morgan fingerprint density at radius 3 is 2.67 bits per heavy atom. The van der Waals surface area contributed by atoms with Gasteiger partial charge in [0, 0.05) is 5.02 Å².